The zero-order valence-corrected chi connectivity index (χ0v) is 9.04. The van der Waals surface area contributed by atoms with E-state index in [1.807, 2.05) is 13.0 Å². The Morgan fingerprint density at radius 2 is 2.00 bits per heavy atom. The van der Waals surface area contributed by atoms with E-state index in [4.69, 9.17) is 0 Å². The van der Waals surface area contributed by atoms with Crippen LogP contribution < -0.4 is 0 Å². The van der Waals surface area contributed by atoms with Gasteiger partial charge >= 0.3 is 0 Å². The van der Waals surface area contributed by atoms with Crippen molar-refractivity contribution >= 4 is 0 Å². The Labute approximate surface area is 89.9 Å². The van der Waals surface area contributed by atoms with Crippen molar-refractivity contribution in [2.24, 2.45) is 0 Å². The van der Waals surface area contributed by atoms with E-state index in [2.05, 4.69) is 0 Å². The van der Waals surface area contributed by atoms with Gasteiger partial charge in [0.15, 0.2) is 0 Å². The van der Waals surface area contributed by atoms with Gasteiger partial charge in [-0.3, -0.25) is 0 Å². The van der Waals surface area contributed by atoms with Crippen LogP contribution in [0.4, 0.5) is 4.39 Å². The van der Waals surface area contributed by atoms with Crippen molar-refractivity contribution in [3.63, 3.8) is 0 Å². The van der Waals surface area contributed by atoms with Crippen LogP contribution in [0, 0.1) is 12.7 Å². The molecule has 0 radical (unpaired) electrons. The highest BCUT2D eigenvalue weighted by atomic mass is 19.1. The summed E-state index contributed by atoms with van der Waals surface area (Å²) in [5.41, 5.74) is 1.76. The van der Waals surface area contributed by atoms with Crippen LogP contribution in [0.25, 0.3) is 0 Å². The van der Waals surface area contributed by atoms with E-state index in [1.54, 1.807) is 6.07 Å². The van der Waals surface area contributed by atoms with Crippen LogP contribution in [0.2, 0.25) is 0 Å². The first-order valence-electron chi connectivity index (χ1n) is 5.62. The van der Waals surface area contributed by atoms with Crippen LogP contribution in [-0.4, -0.2) is 11.2 Å². The average molecular weight is 208 g/mol. The lowest BCUT2D eigenvalue weighted by atomic mass is 9.81. The van der Waals surface area contributed by atoms with Crippen molar-refractivity contribution in [2.75, 3.05) is 0 Å². The Morgan fingerprint density at radius 1 is 1.27 bits per heavy atom. The van der Waals surface area contributed by atoms with Crippen molar-refractivity contribution < 1.29 is 9.50 Å². The van der Waals surface area contributed by atoms with Crippen molar-refractivity contribution in [3.05, 3.63) is 35.1 Å². The number of aliphatic hydroxyl groups excluding tert-OH is 1. The number of hydrogen-bond acceptors (Lipinski definition) is 1. The second-order valence-electron chi connectivity index (χ2n) is 4.48. The molecule has 0 amide bonds. The van der Waals surface area contributed by atoms with Crippen molar-refractivity contribution in [1.82, 2.24) is 0 Å². The van der Waals surface area contributed by atoms with Gasteiger partial charge in [0.05, 0.1) is 6.10 Å². The molecule has 2 rings (SSSR count). The summed E-state index contributed by atoms with van der Waals surface area (Å²) < 4.78 is 13.6. The molecule has 1 saturated carbocycles. The molecule has 0 bridgehead atoms. The summed E-state index contributed by atoms with van der Waals surface area (Å²) in [5, 5.41) is 9.87. The van der Waals surface area contributed by atoms with Crippen molar-refractivity contribution in [1.29, 1.82) is 0 Å². The highest BCUT2D eigenvalue weighted by Gasteiger charge is 2.26. The molecule has 1 aromatic carbocycles. The van der Waals surface area contributed by atoms with E-state index < -0.39 is 0 Å². The molecule has 1 fully saturated rings. The van der Waals surface area contributed by atoms with Crippen LogP contribution in [0.5, 0.6) is 0 Å². The first-order valence-corrected chi connectivity index (χ1v) is 5.62. The Kier molecular flexibility index (Phi) is 3.06. The molecule has 2 unspecified atom stereocenters. The number of rotatable bonds is 1. The Hall–Kier alpha value is -0.890. The van der Waals surface area contributed by atoms with Gasteiger partial charge in [-0.15, -0.1) is 0 Å². The SMILES string of the molecule is Cc1ccc(F)c(C2CCCCC2O)c1. The van der Waals surface area contributed by atoms with Gasteiger partial charge in [-0.05, 0) is 31.4 Å². The maximum atomic E-state index is 13.6. The fourth-order valence-corrected chi connectivity index (χ4v) is 2.42. The third kappa shape index (κ3) is 2.20. The molecule has 1 aromatic rings. The zero-order chi connectivity index (χ0) is 10.8. The smallest absolute Gasteiger partial charge is 0.126 e. The Balaban J connectivity index is 2.30. The maximum Gasteiger partial charge on any atom is 0.126 e. The third-order valence-electron chi connectivity index (χ3n) is 3.28. The standard InChI is InChI=1S/C13H17FO/c1-9-6-7-12(14)11(8-9)10-4-2-3-5-13(10)15/h6-8,10,13,15H,2-5H2,1H3. The zero-order valence-electron chi connectivity index (χ0n) is 9.04. The lowest BCUT2D eigenvalue weighted by molar-refractivity contribution is 0.104. The van der Waals surface area contributed by atoms with E-state index in [1.165, 1.54) is 6.07 Å². The summed E-state index contributed by atoms with van der Waals surface area (Å²) in [6.07, 6.45) is 3.50. The van der Waals surface area contributed by atoms with Gasteiger partial charge in [-0.1, -0.05) is 30.5 Å². The van der Waals surface area contributed by atoms with Gasteiger partial charge < -0.3 is 5.11 Å². The van der Waals surface area contributed by atoms with Crippen LogP contribution in [0.15, 0.2) is 18.2 Å². The molecular weight excluding hydrogens is 191 g/mol. The lowest BCUT2D eigenvalue weighted by Gasteiger charge is -2.28. The van der Waals surface area contributed by atoms with E-state index in [9.17, 15) is 9.50 Å². The first-order chi connectivity index (χ1) is 7.18. The normalized spacial score (nSPS) is 26.6. The molecule has 1 aliphatic rings. The van der Waals surface area contributed by atoms with E-state index in [-0.39, 0.29) is 17.8 Å². The molecule has 15 heavy (non-hydrogen) atoms. The predicted molar refractivity (Wildman–Crippen MR) is 58.4 cm³/mol. The number of aliphatic hydroxyl groups is 1. The average Bonchev–Trinajstić information content (AvgIpc) is 2.23. The number of hydrogen-bond donors (Lipinski definition) is 1. The molecule has 0 aliphatic heterocycles. The van der Waals surface area contributed by atoms with Crippen molar-refractivity contribution in [3.8, 4) is 0 Å². The first kappa shape index (κ1) is 10.6. The Bertz CT molecular complexity index is 348. The van der Waals surface area contributed by atoms with Gasteiger partial charge in [0.2, 0.25) is 0 Å². The second kappa shape index (κ2) is 4.31. The molecule has 2 heteroatoms. The summed E-state index contributed by atoms with van der Waals surface area (Å²) in [5.74, 6) is -0.176. The summed E-state index contributed by atoms with van der Waals surface area (Å²) in [6.45, 7) is 1.96. The minimum atomic E-state index is -0.366. The Morgan fingerprint density at radius 3 is 2.73 bits per heavy atom. The molecule has 0 aromatic heterocycles. The van der Waals surface area contributed by atoms with Crippen LogP contribution in [0.3, 0.4) is 0 Å². The maximum absolute atomic E-state index is 13.6. The predicted octanol–water partition coefficient (Wildman–Crippen LogP) is 3.15. The molecule has 1 N–H and O–H groups in total. The van der Waals surface area contributed by atoms with Gasteiger partial charge in [0.1, 0.15) is 5.82 Å². The topological polar surface area (TPSA) is 20.2 Å². The minimum Gasteiger partial charge on any atom is -0.392 e. The fraction of sp³-hybridized carbons (Fsp3) is 0.538. The molecule has 2 atom stereocenters. The molecule has 0 spiro atoms. The van der Waals surface area contributed by atoms with Gasteiger partial charge in [-0.2, -0.15) is 0 Å². The lowest BCUT2D eigenvalue weighted by Crippen LogP contribution is -2.23. The molecule has 0 saturated heterocycles. The molecule has 1 nitrogen and oxygen atoms in total. The quantitative estimate of drug-likeness (QED) is 0.751. The van der Waals surface area contributed by atoms with Crippen molar-refractivity contribution in [2.45, 2.75) is 44.6 Å². The highest BCUT2D eigenvalue weighted by Crippen LogP contribution is 2.34. The fourth-order valence-electron chi connectivity index (χ4n) is 2.42. The number of benzene rings is 1. The largest absolute Gasteiger partial charge is 0.392 e. The van der Waals surface area contributed by atoms with Gasteiger partial charge in [0, 0.05) is 5.92 Å². The molecular formula is C13H17FO. The van der Waals surface area contributed by atoms with E-state index in [0.29, 0.717) is 5.56 Å². The summed E-state index contributed by atoms with van der Waals surface area (Å²) in [6, 6.07) is 5.15. The molecule has 0 heterocycles. The second-order valence-corrected chi connectivity index (χ2v) is 4.48. The highest BCUT2D eigenvalue weighted by molar-refractivity contribution is 5.28. The number of halogens is 1. The minimum absolute atomic E-state index is 0.00125. The summed E-state index contributed by atoms with van der Waals surface area (Å²) >= 11 is 0. The van der Waals surface area contributed by atoms with Gasteiger partial charge in [-0.25, -0.2) is 4.39 Å². The monoisotopic (exact) mass is 208 g/mol. The molecule has 1 aliphatic carbocycles. The number of aryl methyl sites for hydroxylation is 1. The van der Waals surface area contributed by atoms with Crippen LogP contribution >= 0.6 is 0 Å². The summed E-state index contributed by atoms with van der Waals surface area (Å²) in [7, 11) is 0. The van der Waals surface area contributed by atoms with Crippen LogP contribution in [-0.2, 0) is 0 Å². The van der Waals surface area contributed by atoms with E-state index in [0.717, 1.165) is 31.2 Å². The van der Waals surface area contributed by atoms with Crippen LogP contribution in [0.1, 0.15) is 42.7 Å². The molecule has 82 valence electrons. The van der Waals surface area contributed by atoms with E-state index >= 15 is 0 Å². The van der Waals surface area contributed by atoms with Gasteiger partial charge in [0.25, 0.3) is 0 Å². The third-order valence-corrected chi connectivity index (χ3v) is 3.28. The summed E-state index contributed by atoms with van der Waals surface area (Å²) in [4.78, 5) is 0.